The molecule has 1 aliphatic rings. The molecule has 25 heavy (non-hydrogen) atoms. The Morgan fingerprint density at radius 1 is 0.960 bits per heavy atom. The van der Waals surface area contributed by atoms with E-state index in [-0.39, 0.29) is 5.76 Å². The van der Waals surface area contributed by atoms with E-state index in [1.807, 2.05) is 0 Å². The van der Waals surface area contributed by atoms with Crippen LogP contribution in [0.15, 0.2) is 11.5 Å². The molecule has 0 N–H and O–H groups in total. The van der Waals surface area contributed by atoms with Crippen LogP contribution in [0, 0.1) is 0 Å². The number of methoxy groups -OCH3 is 1. The molecule has 9 heteroatoms. The molecular formula is C16H34O6Si3. The third-order valence-electron chi connectivity index (χ3n) is 3.05. The van der Waals surface area contributed by atoms with E-state index in [1.54, 1.807) is 0 Å². The standard InChI is InChI=1S/C16H34O6Si3/c1-18-15-14(22-25(8,9)10)13(20-16(15)17)12(21-24(5,6)7)11-19-23(2,3)4/h12-13H,11H2,1-10H3/t12-,13+/m0/s1. The van der Waals surface area contributed by atoms with E-state index in [9.17, 15) is 4.79 Å². The van der Waals surface area contributed by atoms with Crippen LogP contribution in [0.5, 0.6) is 0 Å². The van der Waals surface area contributed by atoms with Crippen LogP contribution in [-0.2, 0) is 27.5 Å². The van der Waals surface area contributed by atoms with Crippen molar-refractivity contribution in [1.29, 1.82) is 0 Å². The topological polar surface area (TPSA) is 63.2 Å². The molecule has 0 fully saturated rings. The molecule has 1 heterocycles. The minimum absolute atomic E-state index is 0.143. The van der Waals surface area contributed by atoms with E-state index in [0.29, 0.717) is 12.4 Å². The molecule has 0 radical (unpaired) electrons. The summed E-state index contributed by atoms with van der Waals surface area (Å²) in [6.45, 7) is 19.2. The highest BCUT2D eigenvalue weighted by Gasteiger charge is 2.45. The first kappa shape index (κ1) is 22.4. The normalized spacial score (nSPS) is 20.6. The largest absolute Gasteiger partial charge is 0.542 e. The highest BCUT2D eigenvalue weighted by Crippen LogP contribution is 2.32. The van der Waals surface area contributed by atoms with Crippen LogP contribution >= 0.6 is 0 Å². The van der Waals surface area contributed by atoms with Gasteiger partial charge in [0, 0.05) is 0 Å². The lowest BCUT2D eigenvalue weighted by molar-refractivity contribution is -0.147. The van der Waals surface area contributed by atoms with Gasteiger partial charge in [-0.25, -0.2) is 4.79 Å². The molecule has 0 unspecified atom stereocenters. The molecule has 6 nitrogen and oxygen atoms in total. The summed E-state index contributed by atoms with van der Waals surface area (Å²) in [5.41, 5.74) is 0. The fourth-order valence-corrected chi connectivity index (χ4v) is 4.92. The van der Waals surface area contributed by atoms with Gasteiger partial charge in [0.05, 0.1) is 13.7 Å². The molecule has 0 spiro atoms. The quantitative estimate of drug-likeness (QED) is 0.430. The van der Waals surface area contributed by atoms with Gasteiger partial charge in [-0.3, -0.25) is 0 Å². The number of esters is 1. The Morgan fingerprint density at radius 2 is 1.52 bits per heavy atom. The van der Waals surface area contributed by atoms with Crippen molar-refractivity contribution in [1.82, 2.24) is 0 Å². The molecular weight excluding hydrogens is 372 g/mol. The smallest absolute Gasteiger partial charge is 0.378 e. The van der Waals surface area contributed by atoms with Crippen molar-refractivity contribution in [3.05, 3.63) is 11.5 Å². The van der Waals surface area contributed by atoms with Gasteiger partial charge in [-0.15, -0.1) is 0 Å². The van der Waals surface area contributed by atoms with Crippen LogP contribution in [0.25, 0.3) is 0 Å². The molecule has 0 bridgehead atoms. The van der Waals surface area contributed by atoms with Gasteiger partial charge in [-0.05, 0) is 58.9 Å². The summed E-state index contributed by atoms with van der Waals surface area (Å²) in [6, 6.07) is 0. The Balaban J connectivity index is 3.16. The average molecular weight is 407 g/mol. The van der Waals surface area contributed by atoms with Gasteiger partial charge in [0.15, 0.2) is 28.5 Å². The second kappa shape index (κ2) is 7.95. The van der Waals surface area contributed by atoms with Crippen molar-refractivity contribution in [3.8, 4) is 0 Å². The van der Waals surface area contributed by atoms with Gasteiger partial charge in [-0.2, -0.15) is 0 Å². The molecule has 0 aliphatic carbocycles. The summed E-state index contributed by atoms with van der Waals surface area (Å²) in [5.74, 6) is 0.0941. The highest BCUT2D eigenvalue weighted by molar-refractivity contribution is 6.70. The fraction of sp³-hybridized carbons (Fsp3) is 0.812. The number of carbonyl (C=O) groups excluding carboxylic acids is 1. The number of cyclic esters (lactones) is 1. The molecule has 0 saturated heterocycles. The maximum Gasteiger partial charge on any atom is 0.378 e. The van der Waals surface area contributed by atoms with Crippen molar-refractivity contribution >= 4 is 30.9 Å². The molecule has 0 aromatic rings. The number of hydrogen-bond donors (Lipinski definition) is 0. The first-order valence-electron chi connectivity index (χ1n) is 8.63. The highest BCUT2D eigenvalue weighted by atomic mass is 28.4. The van der Waals surface area contributed by atoms with Crippen LogP contribution in [0.3, 0.4) is 0 Å². The summed E-state index contributed by atoms with van der Waals surface area (Å²) < 4.78 is 29.4. The average Bonchev–Trinajstić information content (AvgIpc) is 2.66. The van der Waals surface area contributed by atoms with Gasteiger partial charge in [-0.1, -0.05) is 0 Å². The third-order valence-corrected chi connectivity index (χ3v) is 5.92. The predicted octanol–water partition coefficient (Wildman–Crippen LogP) is 3.69. The van der Waals surface area contributed by atoms with Gasteiger partial charge >= 0.3 is 5.97 Å². The van der Waals surface area contributed by atoms with Gasteiger partial charge in [0.2, 0.25) is 14.1 Å². The Bertz CT molecular complexity index is 513. The molecule has 1 rings (SSSR count). The molecule has 0 aromatic heterocycles. The van der Waals surface area contributed by atoms with Crippen molar-refractivity contribution < 1.29 is 27.5 Å². The second-order valence-corrected chi connectivity index (χ2v) is 22.5. The Kier molecular flexibility index (Phi) is 7.13. The fourth-order valence-electron chi connectivity index (χ4n) is 2.28. The summed E-state index contributed by atoms with van der Waals surface area (Å²) in [4.78, 5) is 12.2. The van der Waals surface area contributed by atoms with Crippen LogP contribution in [0.2, 0.25) is 58.9 Å². The minimum atomic E-state index is -1.96. The van der Waals surface area contributed by atoms with Crippen molar-refractivity contribution in [3.63, 3.8) is 0 Å². The van der Waals surface area contributed by atoms with Crippen LogP contribution in [0.1, 0.15) is 0 Å². The Morgan fingerprint density at radius 3 is 1.92 bits per heavy atom. The van der Waals surface area contributed by atoms with Gasteiger partial charge in [0.25, 0.3) is 0 Å². The van der Waals surface area contributed by atoms with E-state index in [2.05, 4.69) is 58.9 Å². The van der Waals surface area contributed by atoms with Crippen LogP contribution in [-0.4, -0.2) is 56.8 Å². The Labute approximate surface area is 155 Å². The number of hydrogen-bond acceptors (Lipinski definition) is 6. The van der Waals surface area contributed by atoms with E-state index in [4.69, 9.17) is 22.8 Å². The van der Waals surface area contributed by atoms with E-state index < -0.39 is 43.1 Å². The zero-order valence-electron chi connectivity index (χ0n) is 17.3. The lowest BCUT2D eigenvalue weighted by Crippen LogP contribution is -2.46. The van der Waals surface area contributed by atoms with Crippen molar-refractivity contribution in [2.24, 2.45) is 0 Å². The number of ether oxygens (including phenoxy) is 2. The van der Waals surface area contributed by atoms with Crippen LogP contribution < -0.4 is 0 Å². The Hall–Kier alpha value is -0.619. The first-order chi connectivity index (χ1) is 11.1. The monoisotopic (exact) mass is 406 g/mol. The van der Waals surface area contributed by atoms with Gasteiger partial charge < -0.3 is 22.8 Å². The molecule has 1 aliphatic heterocycles. The van der Waals surface area contributed by atoms with Crippen molar-refractivity contribution in [2.45, 2.75) is 71.1 Å². The molecule has 0 saturated carbocycles. The maximum atomic E-state index is 12.2. The summed E-state index contributed by atoms with van der Waals surface area (Å²) in [7, 11) is -4.14. The van der Waals surface area contributed by atoms with E-state index >= 15 is 0 Å². The summed E-state index contributed by atoms with van der Waals surface area (Å²) in [5, 5.41) is 0. The summed E-state index contributed by atoms with van der Waals surface area (Å²) in [6.07, 6.45) is -1.03. The summed E-state index contributed by atoms with van der Waals surface area (Å²) >= 11 is 0. The van der Waals surface area contributed by atoms with E-state index in [0.717, 1.165) is 0 Å². The lowest BCUT2D eigenvalue weighted by Gasteiger charge is -2.33. The minimum Gasteiger partial charge on any atom is -0.542 e. The zero-order chi connectivity index (χ0) is 19.6. The molecule has 2 atom stereocenters. The third kappa shape index (κ3) is 7.65. The second-order valence-electron chi connectivity index (χ2n) is 9.13. The number of rotatable bonds is 9. The van der Waals surface area contributed by atoms with Crippen LogP contribution in [0.4, 0.5) is 0 Å². The van der Waals surface area contributed by atoms with E-state index in [1.165, 1.54) is 7.11 Å². The molecule has 0 aromatic carbocycles. The molecule has 0 amide bonds. The maximum absolute atomic E-state index is 12.2. The first-order valence-corrected chi connectivity index (χ1v) is 18.9. The number of carbonyl (C=O) groups is 1. The van der Waals surface area contributed by atoms with Gasteiger partial charge in [0.1, 0.15) is 6.10 Å². The predicted molar refractivity (Wildman–Crippen MR) is 106 cm³/mol. The SMILES string of the molecule is COC1=C(O[Si](C)(C)C)[C@@H]([C@H](CO[Si](C)(C)C)O[Si](C)(C)C)OC1=O. The lowest BCUT2D eigenvalue weighted by atomic mass is 10.2. The van der Waals surface area contributed by atoms with Crippen molar-refractivity contribution in [2.75, 3.05) is 13.7 Å². The molecule has 146 valence electrons. The zero-order valence-corrected chi connectivity index (χ0v) is 20.3.